The van der Waals surface area contributed by atoms with Crippen molar-refractivity contribution in [2.45, 2.75) is 13.3 Å². The van der Waals surface area contributed by atoms with E-state index >= 15 is 0 Å². The Morgan fingerprint density at radius 1 is 1.08 bits per heavy atom. The Bertz CT molecular complexity index is 809. The normalized spacial score (nSPS) is 38.3. The lowest BCUT2D eigenvalue weighted by atomic mass is 9.63. The first-order valence-corrected chi connectivity index (χ1v) is 8.30. The lowest BCUT2D eigenvalue weighted by molar-refractivity contribution is -0.384. The lowest BCUT2D eigenvalue weighted by Gasteiger charge is -2.37. The molecule has 0 aromatic heterocycles. The molecule has 6 heteroatoms. The minimum absolute atomic E-state index is 0.102. The van der Waals surface area contributed by atoms with Gasteiger partial charge >= 0.3 is 0 Å². The summed E-state index contributed by atoms with van der Waals surface area (Å²) in [5.41, 5.74) is 0.961. The summed E-state index contributed by atoms with van der Waals surface area (Å²) >= 11 is 0. The molecule has 1 aliphatic heterocycles. The number of rotatable bonds is 2. The number of carbonyl (C=O) groups is 2. The minimum Gasteiger partial charge on any atom is -0.274 e. The summed E-state index contributed by atoms with van der Waals surface area (Å²) in [6, 6.07) is 4.34. The zero-order valence-corrected chi connectivity index (χ0v) is 13.1. The Morgan fingerprint density at radius 3 is 2.21 bits per heavy atom. The van der Waals surface area contributed by atoms with E-state index in [4.69, 9.17) is 0 Å². The highest BCUT2D eigenvalue weighted by Gasteiger charge is 2.67. The van der Waals surface area contributed by atoms with Crippen molar-refractivity contribution in [2.75, 3.05) is 4.90 Å². The fraction of sp³-hybridized carbons (Fsp3) is 0.444. The first kappa shape index (κ1) is 13.9. The number of hydrogen-bond acceptors (Lipinski definition) is 4. The van der Waals surface area contributed by atoms with Crippen molar-refractivity contribution < 1.29 is 14.5 Å². The fourth-order valence-corrected chi connectivity index (χ4v) is 5.15. The number of aryl methyl sites for hydroxylation is 1. The SMILES string of the molecule is Cc1ccc([N+](=O)[O-])cc1N1C(=O)[C@H]2[C@@H]3C=C[C@@H]([C@H]4C[C@H]34)[C@@H]2C1=O. The molecule has 122 valence electrons. The van der Waals surface area contributed by atoms with Crippen LogP contribution in [0.4, 0.5) is 11.4 Å². The second kappa shape index (κ2) is 4.32. The van der Waals surface area contributed by atoms with E-state index in [1.165, 1.54) is 17.0 Å². The zero-order chi connectivity index (χ0) is 16.7. The standard InChI is InChI=1S/C18H16N2O4/c1-8-2-3-9(20(23)24)6-14(8)19-17(21)15-10-4-5-11(13-7-12(10)13)16(15)18(19)22/h2-6,10-13,15-16H,7H2,1H3/t10-,11+,12-,13-,15+,16+/m1/s1. The monoisotopic (exact) mass is 324 g/mol. The van der Waals surface area contributed by atoms with Gasteiger partial charge in [-0.3, -0.25) is 19.7 Å². The maximum Gasteiger partial charge on any atom is 0.271 e. The molecule has 5 aliphatic rings. The molecule has 1 saturated heterocycles. The second-order valence-electron chi connectivity index (χ2n) is 7.39. The molecule has 6 atom stereocenters. The largest absolute Gasteiger partial charge is 0.274 e. The van der Waals surface area contributed by atoms with Crippen LogP contribution in [-0.4, -0.2) is 16.7 Å². The summed E-state index contributed by atoms with van der Waals surface area (Å²) in [5, 5.41) is 11.1. The Hall–Kier alpha value is -2.50. The molecule has 1 heterocycles. The number of amides is 2. The van der Waals surface area contributed by atoms with Crippen molar-refractivity contribution in [1.29, 1.82) is 0 Å². The third kappa shape index (κ3) is 1.56. The van der Waals surface area contributed by atoms with Gasteiger partial charge in [-0.05, 0) is 42.6 Å². The highest BCUT2D eigenvalue weighted by Crippen LogP contribution is 2.65. The first-order chi connectivity index (χ1) is 11.5. The number of allylic oxidation sites excluding steroid dienone is 2. The molecular formula is C18H16N2O4. The number of imide groups is 1. The minimum atomic E-state index is -0.499. The van der Waals surface area contributed by atoms with Gasteiger partial charge < -0.3 is 0 Å². The molecular weight excluding hydrogens is 308 g/mol. The maximum absolute atomic E-state index is 13.0. The third-order valence-corrected chi connectivity index (χ3v) is 6.31. The van der Waals surface area contributed by atoms with E-state index in [0.29, 0.717) is 23.1 Å². The number of hydrogen-bond donors (Lipinski definition) is 0. The molecule has 1 aromatic rings. The molecule has 24 heavy (non-hydrogen) atoms. The van der Waals surface area contributed by atoms with E-state index in [0.717, 1.165) is 6.42 Å². The van der Waals surface area contributed by atoms with Crippen LogP contribution in [0.5, 0.6) is 0 Å². The molecule has 0 radical (unpaired) electrons. The maximum atomic E-state index is 13.0. The van der Waals surface area contributed by atoms with Gasteiger partial charge in [0.1, 0.15) is 0 Å². The van der Waals surface area contributed by atoms with Gasteiger partial charge in [0.2, 0.25) is 11.8 Å². The van der Waals surface area contributed by atoms with Gasteiger partial charge in [-0.1, -0.05) is 18.2 Å². The average Bonchev–Trinajstić information content (AvgIpc) is 3.33. The molecule has 0 N–H and O–H groups in total. The van der Waals surface area contributed by atoms with Crippen LogP contribution in [0, 0.1) is 52.5 Å². The van der Waals surface area contributed by atoms with E-state index in [1.54, 1.807) is 13.0 Å². The van der Waals surface area contributed by atoms with Crippen LogP contribution in [0.3, 0.4) is 0 Å². The highest BCUT2D eigenvalue weighted by molar-refractivity contribution is 6.23. The summed E-state index contributed by atoms with van der Waals surface area (Å²) in [6.07, 6.45) is 5.36. The molecule has 2 amide bonds. The van der Waals surface area contributed by atoms with Gasteiger partial charge in [0.15, 0.2) is 0 Å². The van der Waals surface area contributed by atoms with Gasteiger partial charge in [-0.2, -0.15) is 0 Å². The molecule has 2 bridgehead atoms. The fourth-order valence-electron chi connectivity index (χ4n) is 5.15. The molecule has 4 aliphatic carbocycles. The van der Waals surface area contributed by atoms with Crippen molar-refractivity contribution in [3.8, 4) is 0 Å². The molecule has 6 nitrogen and oxygen atoms in total. The Morgan fingerprint density at radius 2 is 1.67 bits per heavy atom. The van der Waals surface area contributed by atoms with Crippen LogP contribution >= 0.6 is 0 Å². The van der Waals surface area contributed by atoms with Gasteiger partial charge in [-0.15, -0.1) is 0 Å². The quantitative estimate of drug-likeness (QED) is 0.362. The number of carbonyl (C=O) groups excluding carboxylic acids is 2. The van der Waals surface area contributed by atoms with E-state index in [9.17, 15) is 19.7 Å². The van der Waals surface area contributed by atoms with Gasteiger partial charge in [0.05, 0.1) is 22.4 Å². The molecule has 0 unspecified atom stereocenters. The van der Waals surface area contributed by atoms with Gasteiger partial charge in [0.25, 0.3) is 5.69 Å². The summed E-state index contributed by atoms with van der Waals surface area (Å²) in [4.78, 5) is 37.9. The van der Waals surface area contributed by atoms with Crippen LogP contribution in [0.25, 0.3) is 0 Å². The molecule has 1 aromatic carbocycles. The molecule has 0 spiro atoms. The van der Waals surface area contributed by atoms with Crippen LogP contribution < -0.4 is 4.90 Å². The number of nitro groups is 1. The van der Waals surface area contributed by atoms with Crippen LogP contribution in [0.15, 0.2) is 30.4 Å². The van der Waals surface area contributed by atoms with Crippen molar-refractivity contribution >= 4 is 23.2 Å². The van der Waals surface area contributed by atoms with Crippen molar-refractivity contribution in [1.82, 2.24) is 0 Å². The summed E-state index contributed by atoms with van der Waals surface area (Å²) in [6.45, 7) is 1.77. The number of benzene rings is 1. The number of nitro benzene ring substituents is 1. The zero-order valence-electron chi connectivity index (χ0n) is 13.1. The predicted octanol–water partition coefficient (Wildman–Crippen LogP) is 2.46. The predicted molar refractivity (Wildman–Crippen MR) is 85.0 cm³/mol. The summed E-state index contributed by atoms with van der Waals surface area (Å²) < 4.78 is 0. The number of nitrogens with zero attached hydrogens (tertiary/aromatic N) is 2. The third-order valence-electron chi connectivity index (χ3n) is 6.31. The van der Waals surface area contributed by atoms with E-state index in [2.05, 4.69) is 12.2 Å². The van der Waals surface area contributed by atoms with E-state index < -0.39 is 4.92 Å². The Kier molecular flexibility index (Phi) is 2.50. The lowest BCUT2D eigenvalue weighted by Crippen LogP contribution is -2.40. The smallest absolute Gasteiger partial charge is 0.271 e. The topological polar surface area (TPSA) is 80.5 Å². The number of non-ortho nitro benzene ring substituents is 1. The van der Waals surface area contributed by atoms with Crippen LogP contribution in [-0.2, 0) is 9.59 Å². The van der Waals surface area contributed by atoms with Gasteiger partial charge in [0, 0.05) is 12.1 Å². The van der Waals surface area contributed by atoms with Gasteiger partial charge in [-0.25, -0.2) is 4.90 Å². The second-order valence-corrected chi connectivity index (χ2v) is 7.39. The average molecular weight is 324 g/mol. The van der Waals surface area contributed by atoms with E-state index in [1.807, 2.05) is 0 Å². The van der Waals surface area contributed by atoms with Crippen molar-refractivity contribution in [3.05, 3.63) is 46.0 Å². The van der Waals surface area contributed by atoms with Crippen molar-refractivity contribution in [3.63, 3.8) is 0 Å². The number of anilines is 1. The van der Waals surface area contributed by atoms with Crippen molar-refractivity contribution in [2.24, 2.45) is 35.5 Å². The van der Waals surface area contributed by atoms with E-state index in [-0.39, 0.29) is 41.2 Å². The molecule has 6 rings (SSSR count). The summed E-state index contributed by atoms with van der Waals surface area (Å²) in [7, 11) is 0. The summed E-state index contributed by atoms with van der Waals surface area (Å²) in [5.74, 6) is 0.477. The Labute approximate surface area is 138 Å². The molecule has 2 saturated carbocycles. The Balaban J connectivity index is 1.60. The van der Waals surface area contributed by atoms with Crippen LogP contribution in [0.2, 0.25) is 0 Å². The molecule has 3 fully saturated rings. The highest BCUT2D eigenvalue weighted by atomic mass is 16.6. The first-order valence-electron chi connectivity index (χ1n) is 8.30. The van der Waals surface area contributed by atoms with Crippen LogP contribution in [0.1, 0.15) is 12.0 Å².